The highest BCUT2D eigenvalue weighted by molar-refractivity contribution is 7.98. The number of hydrogen-bond donors (Lipinski definition) is 1. The molecule has 110 valence electrons. The number of rotatable bonds is 4. The molecule has 0 aliphatic carbocycles. The maximum absolute atomic E-state index is 12.2. The Kier molecular flexibility index (Phi) is 6.05. The molecule has 0 aromatic heterocycles. The largest absolute Gasteiger partial charge is 0.334 e. The number of carbonyl (C=O) groups is 1. The van der Waals surface area contributed by atoms with E-state index in [4.69, 9.17) is 11.6 Å². The van der Waals surface area contributed by atoms with Crippen molar-refractivity contribution in [3.05, 3.63) is 34.9 Å². The molecule has 2 rings (SSSR count). The van der Waals surface area contributed by atoms with E-state index in [2.05, 4.69) is 11.6 Å². The van der Waals surface area contributed by atoms with Gasteiger partial charge in [-0.25, -0.2) is 4.79 Å². The van der Waals surface area contributed by atoms with Crippen LogP contribution in [0.2, 0.25) is 5.02 Å². The molecule has 1 atom stereocenters. The molecule has 1 heterocycles. The first-order valence-corrected chi connectivity index (χ1v) is 8.72. The van der Waals surface area contributed by atoms with E-state index in [0.717, 1.165) is 30.8 Å². The minimum absolute atomic E-state index is 0.0378. The zero-order valence-electron chi connectivity index (χ0n) is 11.8. The van der Waals surface area contributed by atoms with Crippen LogP contribution in [0.4, 0.5) is 4.79 Å². The molecular weight excluding hydrogens is 292 g/mol. The molecule has 0 saturated carbocycles. The lowest BCUT2D eigenvalue weighted by molar-refractivity contribution is 0.170. The van der Waals surface area contributed by atoms with Crippen molar-refractivity contribution in [3.8, 4) is 0 Å². The van der Waals surface area contributed by atoms with Crippen LogP contribution in [0.5, 0.6) is 0 Å². The van der Waals surface area contributed by atoms with Gasteiger partial charge in [0.25, 0.3) is 0 Å². The second-order valence-electron chi connectivity index (χ2n) is 5.20. The molecule has 1 aromatic rings. The van der Waals surface area contributed by atoms with E-state index in [0.29, 0.717) is 17.5 Å². The van der Waals surface area contributed by atoms with Crippen molar-refractivity contribution in [1.82, 2.24) is 10.2 Å². The zero-order valence-corrected chi connectivity index (χ0v) is 13.3. The van der Waals surface area contributed by atoms with Crippen LogP contribution in [0.3, 0.4) is 0 Å². The summed E-state index contributed by atoms with van der Waals surface area (Å²) in [4.78, 5) is 14.1. The fourth-order valence-electron chi connectivity index (χ4n) is 2.56. The second-order valence-corrected chi connectivity index (χ2v) is 6.55. The lowest BCUT2D eigenvalue weighted by atomic mass is 10.0. The Balaban J connectivity index is 1.82. The zero-order chi connectivity index (χ0) is 14.4. The molecule has 3 nitrogen and oxygen atoms in total. The predicted octanol–water partition coefficient (Wildman–Crippen LogP) is 3.62. The molecule has 0 bridgehead atoms. The van der Waals surface area contributed by atoms with Gasteiger partial charge in [-0.1, -0.05) is 23.7 Å². The van der Waals surface area contributed by atoms with Gasteiger partial charge < -0.3 is 10.2 Å². The maximum atomic E-state index is 12.2. The highest BCUT2D eigenvalue weighted by Gasteiger charge is 2.22. The Bertz CT molecular complexity index is 453. The van der Waals surface area contributed by atoms with E-state index in [1.165, 1.54) is 6.42 Å². The highest BCUT2D eigenvalue weighted by Crippen LogP contribution is 2.19. The van der Waals surface area contributed by atoms with Crippen molar-refractivity contribution in [3.63, 3.8) is 0 Å². The first-order valence-electron chi connectivity index (χ1n) is 6.95. The standard InChI is InChI=1S/C15H21ClN2OS/c1-20-11-13-5-3-7-18(10-13)15(19)17-9-12-4-2-6-14(16)8-12/h2,4,6,8,13H,3,5,7,9-11H2,1H3,(H,17,19). The minimum Gasteiger partial charge on any atom is -0.334 e. The summed E-state index contributed by atoms with van der Waals surface area (Å²) in [7, 11) is 0. The molecule has 1 aromatic carbocycles. The second kappa shape index (κ2) is 7.79. The van der Waals surface area contributed by atoms with E-state index in [1.54, 1.807) is 0 Å². The number of halogens is 1. The summed E-state index contributed by atoms with van der Waals surface area (Å²) in [5.41, 5.74) is 1.03. The number of benzene rings is 1. The third kappa shape index (κ3) is 4.60. The summed E-state index contributed by atoms with van der Waals surface area (Å²) in [5.74, 6) is 1.77. The third-order valence-corrected chi connectivity index (χ3v) is 4.58. The van der Waals surface area contributed by atoms with Gasteiger partial charge in [-0.15, -0.1) is 0 Å². The first-order chi connectivity index (χ1) is 9.69. The van der Waals surface area contributed by atoms with E-state index in [1.807, 2.05) is 40.9 Å². The van der Waals surface area contributed by atoms with E-state index in [9.17, 15) is 4.79 Å². The average molecular weight is 313 g/mol. The van der Waals surface area contributed by atoms with Crippen LogP contribution < -0.4 is 5.32 Å². The fourth-order valence-corrected chi connectivity index (χ4v) is 3.51. The van der Waals surface area contributed by atoms with Gasteiger partial charge >= 0.3 is 6.03 Å². The molecule has 1 fully saturated rings. The van der Waals surface area contributed by atoms with Crippen molar-refractivity contribution in [2.75, 3.05) is 25.1 Å². The Morgan fingerprint density at radius 2 is 2.40 bits per heavy atom. The van der Waals surface area contributed by atoms with Crippen molar-refractivity contribution in [2.45, 2.75) is 19.4 Å². The molecule has 1 unspecified atom stereocenters. The highest BCUT2D eigenvalue weighted by atomic mass is 35.5. The third-order valence-electron chi connectivity index (χ3n) is 3.54. The number of thioether (sulfide) groups is 1. The SMILES string of the molecule is CSCC1CCCN(C(=O)NCc2cccc(Cl)c2)C1. The average Bonchev–Trinajstić information content (AvgIpc) is 2.45. The Hall–Kier alpha value is -0.870. The van der Waals surface area contributed by atoms with Crippen LogP contribution in [0.25, 0.3) is 0 Å². The molecule has 0 spiro atoms. The van der Waals surface area contributed by atoms with Crippen molar-refractivity contribution in [1.29, 1.82) is 0 Å². The molecule has 1 N–H and O–H groups in total. The van der Waals surface area contributed by atoms with Crippen LogP contribution in [-0.2, 0) is 6.54 Å². The number of nitrogens with zero attached hydrogens (tertiary/aromatic N) is 1. The number of carbonyl (C=O) groups excluding carboxylic acids is 1. The van der Waals surface area contributed by atoms with Crippen molar-refractivity contribution >= 4 is 29.4 Å². The summed E-state index contributed by atoms with van der Waals surface area (Å²) in [6, 6.07) is 7.63. The van der Waals surface area contributed by atoms with Gasteiger partial charge in [-0.3, -0.25) is 0 Å². The molecule has 1 aliphatic heterocycles. The van der Waals surface area contributed by atoms with Crippen LogP contribution >= 0.6 is 23.4 Å². The number of nitrogens with one attached hydrogen (secondary N) is 1. The van der Waals surface area contributed by atoms with E-state index in [-0.39, 0.29) is 6.03 Å². The van der Waals surface area contributed by atoms with Gasteiger partial charge in [-0.2, -0.15) is 11.8 Å². The quantitative estimate of drug-likeness (QED) is 0.921. The monoisotopic (exact) mass is 312 g/mol. The van der Waals surface area contributed by atoms with Crippen LogP contribution in [0.15, 0.2) is 24.3 Å². The van der Waals surface area contributed by atoms with Gasteiger partial charge in [0.2, 0.25) is 0 Å². The van der Waals surface area contributed by atoms with Gasteiger partial charge in [0.05, 0.1) is 0 Å². The van der Waals surface area contributed by atoms with Gasteiger partial charge in [0.15, 0.2) is 0 Å². The fraction of sp³-hybridized carbons (Fsp3) is 0.533. The normalized spacial score (nSPS) is 18.9. The minimum atomic E-state index is 0.0378. The van der Waals surface area contributed by atoms with Gasteiger partial charge in [0.1, 0.15) is 0 Å². The van der Waals surface area contributed by atoms with E-state index >= 15 is 0 Å². The summed E-state index contributed by atoms with van der Waals surface area (Å²) >= 11 is 7.80. The van der Waals surface area contributed by atoms with Crippen LogP contribution in [0.1, 0.15) is 18.4 Å². The lowest BCUT2D eigenvalue weighted by Gasteiger charge is -2.32. The summed E-state index contributed by atoms with van der Waals surface area (Å²) in [6.45, 7) is 2.28. The lowest BCUT2D eigenvalue weighted by Crippen LogP contribution is -2.45. The molecular formula is C15H21ClN2OS. The number of hydrogen-bond acceptors (Lipinski definition) is 2. The maximum Gasteiger partial charge on any atom is 0.317 e. The number of piperidine rings is 1. The number of likely N-dealkylation sites (tertiary alicyclic amines) is 1. The summed E-state index contributed by atoms with van der Waals surface area (Å²) < 4.78 is 0. The van der Waals surface area contributed by atoms with Gasteiger partial charge in [0, 0.05) is 24.7 Å². The van der Waals surface area contributed by atoms with Crippen LogP contribution in [-0.4, -0.2) is 36.0 Å². The Morgan fingerprint density at radius 1 is 1.55 bits per heavy atom. The first kappa shape index (κ1) is 15.5. The number of amides is 2. The number of urea groups is 1. The molecule has 0 radical (unpaired) electrons. The molecule has 5 heteroatoms. The molecule has 2 amide bonds. The van der Waals surface area contributed by atoms with Gasteiger partial charge in [-0.05, 0) is 48.5 Å². The molecule has 1 aliphatic rings. The van der Waals surface area contributed by atoms with Crippen LogP contribution in [0, 0.1) is 5.92 Å². The van der Waals surface area contributed by atoms with Crippen molar-refractivity contribution < 1.29 is 4.79 Å². The molecule has 20 heavy (non-hydrogen) atoms. The smallest absolute Gasteiger partial charge is 0.317 e. The Morgan fingerprint density at radius 3 is 3.15 bits per heavy atom. The topological polar surface area (TPSA) is 32.3 Å². The van der Waals surface area contributed by atoms with Crippen molar-refractivity contribution in [2.24, 2.45) is 5.92 Å². The van der Waals surface area contributed by atoms with E-state index < -0.39 is 0 Å². The summed E-state index contributed by atoms with van der Waals surface area (Å²) in [6.07, 6.45) is 4.47. The predicted molar refractivity (Wildman–Crippen MR) is 86.4 cm³/mol. The Labute approximate surface area is 130 Å². The summed E-state index contributed by atoms with van der Waals surface area (Å²) in [5, 5.41) is 3.68. The molecule has 1 saturated heterocycles.